The number of nitrogens with one attached hydrogen (secondary N) is 1. The highest BCUT2D eigenvalue weighted by molar-refractivity contribution is 7.99. The summed E-state index contributed by atoms with van der Waals surface area (Å²) in [6.07, 6.45) is 0. The highest BCUT2D eigenvalue weighted by Crippen LogP contribution is 2.30. The molecule has 2 aromatic heterocycles. The average Bonchev–Trinajstić information content (AvgIpc) is 3.08. The summed E-state index contributed by atoms with van der Waals surface area (Å²) in [5.74, 6) is -1.87. The summed E-state index contributed by atoms with van der Waals surface area (Å²) >= 11 is 1.25. The molecule has 0 atom stereocenters. The molecule has 0 radical (unpaired) electrons. The van der Waals surface area contributed by atoms with E-state index in [9.17, 15) is 14.4 Å². The Bertz CT molecular complexity index is 1170. The van der Waals surface area contributed by atoms with E-state index in [0.29, 0.717) is 5.03 Å². The second-order valence-corrected chi connectivity index (χ2v) is 7.81. The van der Waals surface area contributed by atoms with Gasteiger partial charge in [0, 0.05) is 5.39 Å². The lowest BCUT2D eigenvalue weighted by Gasteiger charge is -2.08. The molecule has 3 aromatic rings. The standard InChI is InChI=1S/C23H24N2O6S/c1-5-29-22(27)19-14(4)31-21(20(19)23(28)30-6-2)25-17(26)12-32-18-11-13(3)15-9-7-8-10-16(15)24-18/h7-11H,5-6,12H2,1-4H3,(H,25,26). The normalized spacial score (nSPS) is 10.8. The molecule has 0 unspecified atom stereocenters. The monoisotopic (exact) mass is 456 g/mol. The fourth-order valence-electron chi connectivity index (χ4n) is 3.17. The zero-order valence-corrected chi connectivity index (χ0v) is 19.1. The van der Waals surface area contributed by atoms with Crippen LogP contribution in [0.2, 0.25) is 0 Å². The summed E-state index contributed by atoms with van der Waals surface area (Å²) in [4.78, 5) is 42.0. The van der Waals surface area contributed by atoms with Crippen molar-refractivity contribution < 1.29 is 28.3 Å². The fourth-order valence-corrected chi connectivity index (χ4v) is 3.95. The van der Waals surface area contributed by atoms with Gasteiger partial charge in [-0.2, -0.15) is 0 Å². The van der Waals surface area contributed by atoms with Crippen molar-refractivity contribution in [3.05, 3.63) is 52.8 Å². The number of furan rings is 1. The molecule has 3 rings (SSSR count). The Morgan fingerprint density at radius 1 is 1.03 bits per heavy atom. The molecule has 32 heavy (non-hydrogen) atoms. The lowest BCUT2D eigenvalue weighted by atomic mass is 10.1. The third kappa shape index (κ3) is 5.11. The topological polar surface area (TPSA) is 108 Å². The summed E-state index contributed by atoms with van der Waals surface area (Å²) in [6, 6.07) is 9.69. The molecule has 1 amide bonds. The first-order valence-corrected chi connectivity index (χ1v) is 11.1. The maximum absolute atomic E-state index is 12.6. The largest absolute Gasteiger partial charge is 0.462 e. The first kappa shape index (κ1) is 23.3. The number of anilines is 1. The van der Waals surface area contributed by atoms with Crippen molar-refractivity contribution in [2.75, 3.05) is 24.3 Å². The zero-order chi connectivity index (χ0) is 23.3. The molecule has 0 fully saturated rings. The molecule has 1 N–H and O–H groups in total. The number of fused-ring (bicyclic) bond motifs is 1. The Morgan fingerprint density at radius 3 is 2.38 bits per heavy atom. The van der Waals surface area contributed by atoms with E-state index in [4.69, 9.17) is 13.9 Å². The van der Waals surface area contributed by atoms with Gasteiger partial charge in [-0.15, -0.1) is 0 Å². The van der Waals surface area contributed by atoms with Crippen molar-refractivity contribution >= 4 is 46.4 Å². The third-order valence-electron chi connectivity index (χ3n) is 4.55. The number of esters is 2. The van der Waals surface area contributed by atoms with Crippen LogP contribution in [0, 0.1) is 13.8 Å². The smallest absolute Gasteiger partial charge is 0.344 e. The molecule has 0 aliphatic heterocycles. The number of ether oxygens (including phenoxy) is 2. The molecule has 0 saturated carbocycles. The first-order chi connectivity index (χ1) is 15.3. The number of nitrogens with zero attached hydrogens (tertiary/aromatic N) is 1. The fraction of sp³-hybridized carbons (Fsp3) is 0.304. The van der Waals surface area contributed by atoms with Crippen LogP contribution in [0.4, 0.5) is 5.88 Å². The molecular formula is C23H24N2O6S. The van der Waals surface area contributed by atoms with Gasteiger partial charge in [0.15, 0.2) is 0 Å². The predicted octanol–water partition coefficient (Wildman–Crippen LogP) is 4.53. The van der Waals surface area contributed by atoms with E-state index in [0.717, 1.165) is 16.5 Å². The van der Waals surface area contributed by atoms with Gasteiger partial charge in [0.1, 0.15) is 16.9 Å². The summed E-state index contributed by atoms with van der Waals surface area (Å²) in [7, 11) is 0. The Kier molecular flexibility index (Phi) is 7.53. The van der Waals surface area contributed by atoms with Crippen LogP contribution >= 0.6 is 11.8 Å². The molecular weight excluding hydrogens is 432 g/mol. The average molecular weight is 457 g/mol. The molecule has 9 heteroatoms. The van der Waals surface area contributed by atoms with E-state index in [-0.39, 0.29) is 41.7 Å². The van der Waals surface area contributed by atoms with E-state index in [1.807, 2.05) is 37.3 Å². The molecule has 8 nitrogen and oxygen atoms in total. The zero-order valence-electron chi connectivity index (χ0n) is 18.3. The molecule has 0 spiro atoms. The number of hydrogen-bond acceptors (Lipinski definition) is 8. The lowest BCUT2D eigenvalue weighted by molar-refractivity contribution is -0.113. The van der Waals surface area contributed by atoms with Crippen LogP contribution in [0.15, 0.2) is 39.8 Å². The first-order valence-electron chi connectivity index (χ1n) is 10.1. The lowest BCUT2D eigenvalue weighted by Crippen LogP contribution is -2.18. The highest BCUT2D eigenvalue weighted by atomic mass is 32.2. The van der Waals surface area contributed by atoms with Gasteiger partial charge >= 0.3 is 11.9 Å². The Balaban J connectivity index is 1.79. The van der Waals surface area contributed by atoms with Crippen molar-refractivity contribution in [1.82, 2.24) is 4.98 Å². The number of carbonyl (C=O) groups excluding carboxylic acids is 3. The van der Waals surface area contributed by atoms with E-state index in [2.05, 4.69) is 10.3 Å². The second kappa shape index (κ2) is 10.3. The number of amides is 1. The van der Waals surface area contributed by atoms with Gasteiger partial charge < -0.3 is 13.9 Å². The maximum Gasteiger partial charge on any atom is 0.344 e. The van der Waals surface area contributed by atoms with Crippen LogP contribution in [0.1, 0.15) is 45.9 Å². The Hall–Kier alpha value is -3.33. The van der Waals surface area contributed by atoms with Gasteiger partial charge in [-0.05, 0) is 45.4 Å². The van der Waals surface area contributed by atoms with Crippen LogP contribution in [-0.2, 0) is 14.3 Å². The number of rotatable bonds is 8. The predicted molar refractivity (Wildman–Crippen MR) is 121 cm³/mol. The van der Waals surface area contributed by atoms with Crippen LogP contribution < -0.4 is 5.32 Å². The van der Waals surface area contributed by atoms with Crippen LogP contribution in [0.25, 0.3) is 10.9 Å². The summed E-state index contributed by atoms with van der Waals surface area (Å²) in [5.41, 5.74) is 1.70. The number of carbonyl (C=O) groups is 3. The molecule has 0 aliphatic rings. The minimum atomic E-state index is -0.776. The van der Waals surface area contributed by atoms with Crippen molar-refractivity contribution in [3.63, 3.8) is 0 Å². The minimum absolute atomic E-state index is 0.0293. The summed E-state index contributed by atoms with van der Waals surface area (Å²) < 4.78 is 15.6. The van der Waals surface area contributed by atoms with Crippen molar-refractivity contribution in [2.24, 2.45) is 0 Å². The summed E-state index contributed by atoms with van der Waals surface area (Å²) in [5, 5.41) is 4.32. The van der Waals surface area contributed by atoms with E-state index in [1.165, 1.54) is 18.7 Å². The van der Waals surface area contributed by atoms with Crippen molar-refractivity contribution in [3.8, 4) is 0 Å². The molecule has 0 bridgehead atoms. The summed E-state index contributed by atoms with van der Waals surface area (Å²) in [6.45, 7) is 7.02. The minimum Gasteiger partial charge on any atom is -0.462 e. The Morgan fingerprint density at radius 2 is 1.69 bits per heavy atom. The van der Waals surface area contributed by atoms with Gasteiger partial charge in [0.2, 0.25) is 11.8 Å². The van der Waals surface area contributed by atoms with Crippen LogP contribution in [-0.4, -0.2) is 41.8 Å². The molecule has 1 aromatic carbocycles. The maximum atomic E-state index is 12.6. The number of thioether (sulfide) groups is 1. The number of pyridine rings is 1. The number of aryl methyl sites for hydroxylation is 2. The van der Waals surface area contributed by atoms with Gasteiger partial charge in [0.05, 0.1) is 29.5 Å². The van der Waals surface area contributed by atoms with Crippen LogP contribution in [0.5, 0.6) is 0 Å². The quantitative estimate of drug-likeness (QED) is 0.389. The van der Waals surface area contributed by atoms with Crippen molar-refractivity contribution in [2.45, 2.75) is 32.7 Å². The van der Waals surface area contributed by atoms with Crippen molar-refractivity contribution in [1.29, 1.82) is 0 Å². The molecule has 168 valence electrons. The molecule has 2 heterocycles. The third-order valence-corrected chi connectivity index (χ3v) is 5.46. The number of para-hydroxylation sites is 1. The number of aromatic nitrogens is 1. The van der Waals surface area contributed by atoms with E-state index < -0.39 is 17.8 Å². The second-order valence-electron chi connectivity index (χ2n) is 6.81. The van der Waals surface area contributed by atoms with Gasteiger partial charge in [0.25, 0.3) is 0 Å². The van der Waals surface area contributed by atoms with E-state index >= 15 is 0 Å². The molecule has 0 aliphatic carbocycles. The number of hydrogen-bond donors (Lipinski definition) is 1. The molecule has 0 saturated heterocycles. The SMILES string of the molecule is CCOC(=O)c1c(C)oc(NC(=O)CSc2cc(C)c3ccccc3n2)c1C(=O)OCC. The highest BCUT2D eigenvalue weighted by Gasteiger charge is 2.31. The van der Waals surface area contributed by atoms with Gasteiger partial charge in [-0.1, -0.05) is 30.0 Å². The van der Waals surface area contributed by atoms with Gasteiger partial charge in [-0.3, -0.25) is 10.1 Å². The van der Waals surface area contributed by atoms with E-state index in [1.54, 1.807) is 13.8 Å². The van der Waals surface area contributed by atoms with Gasteiger partial charge in [-0.25, -0.2) is 14.6 Å². The van der Waals surface area contributed by atoms with Crippen LogP contribution in [0.3, 0.4) is 0 Å². The Labute approximate surface area is 189 Å². The number of benzene rings is 1.